The first-order valence-corrected chi connectivity index (χ1v) is 4.58. The lowest BCUT2D eigenvalue weighted by Gasteiger charge is -2.13. The molecule has 0 radical (unpaired) electrons. The lowest BCUT2D eigenvalue weighted by molar-refractivity contribution is -0.138. The average molecular weight is 264 g/mol. The van der Waals surface area contributed by atoms with Gasteiger partial charge in [-0.15, -0.1) is 0 Å². The molecule has 0 bridgehead atoms. The van der Waals surface area contributed by atoms with Crippen molar-refractivity contribution in [2.45, 2.75) is 6.18 Å². The molecule has 0 aliphatic rings. The molecule has 0 aromatic heterocycles. The van der Waals surface area contributed by atoms with Crippen molar-refractivity contribution < 1.29 is 22.7 Å². The summed E-state index contributed by atoms with van der Waals surface area (Å²) in [6.45, 7) is 0. The van der Waals surface area contributed by atoms with Crippen LogP contribution in [-0.2, 0) is 10.9 Å². The van der Waals surface area contributed by atoms with Crippen LogP contribution >= 0.6 is 11.6 Å². The Hall–Kier alpha value is -1.74. The molecule has 0 atom stereocenters. The van der Waals surface area contributed by atoms with Crippen LogP contribution in [0.4, 0.5) is 13.2 Å². The summed E-state index contributed by atoms with van der Waals surface area (Å²) in [5, 5.41) is 8.42. The summed E-state index contributed by atoms with van der Waals surface area (Å²) in [5.41, 5.74) is -2.59. The Morgan fingerprint density at radius 3 is 2.47 bits per heavy atom. The van der Waals surface area contributed by atoms with Crippen molar-refractivity contribution in [1.29, 1.82) is 5.26 Å². The van der Waals surface area contributed by atoms with Crippen molar-refractivity contribution >= 4 is 17.6 Å². The van der Waals surface area contributed by atoms with E-state index in [1.165, 1.54) is 6.07 Å². The highest BCUT2D eigenvalue weighted by Crippen LogP contribution is 2.35. The third-order valence-electron chi connectivity index (χ3n) is 1.92. The normalized spacial score (nSPS) is 10.8. The molecule has 3 nitrogen and oxygen atoms in total. The van der Waals surface area contributed by atoms with Crippen LogP contribution in [0, 0.1) is 11.3 Å². The van der Waals surface area contributed by atoms with Gasteiger partial charge in [0.15, 0.2) is 0 Å². The predicted molar refractivity (Wildman–Crippen MR) is 52.5 cm³/mol. The SMILES string of the molecule is COC(=O)c1c(C#N)cc(Cl)cc1C(F)(F)F. The fraction of sp³-hybridized carbons (Fsp3) is 0.200. The topological polar surface area (TPSA) is 50.1 Å². The van der Waals surface area contributed by atoms with E-state index < -0.39 is 28.8 Å². The summed E-state index contributed by atoms with van der Waals surface area (Å²) >= 11 is 5.45. The second kappa shape index (κ2) is 4.63. The fourth-order valence-electron chi connectivity index (χ4n) is 1.24. The highest BCUT2D eigenvalue weighted by atomic mass is 35.5. The van der Waals surface area contributed by atoms with Crippen molar-refractivity contribution in [1.82, 2.24) is 0 Å². The van der Waals surface area contributed by atoms with Crippen LogP contribution < -0.4 is 0 Å². The van der Waals surface area contributed by atoms with E-state index in [1.807, 2.05) is 0 Å². The molecule has 0 aliphatic heterocycles. The second-order valence-electron chi connectivity index (χ2n) is 2.98. The number of esters is 1. The van der Waals surface area contributed by atoms with E-state index in [9.17, 15) is 18.0 Å². The molecule has 0 heterocycles. The van der Waals surface area contributed by atoms with E-state index in [4.69, 9.17) is 16.9 Å². The summed E-state index contributed by atoms with van der Waals surface area (Å²) < 4.78 is 42.2. The molecule has 0 aliphatic carbocycles. The lowest BCUT2D eigenvalue weighted by atomic mass is 10.0. The quantitative estimate of drug-likeness (QED) is 0.732. The maximum Gasteiger partial charge on any atom is 0.417 e. The fourth-order valence-corrected chi connectivity index (χ4v) is 1.46. The van der Waals surface area contributed by atoms with E-state index in [-0.39, 0.29) is 5.02 Å². The van der Waals surface area contributed by atoms with Gasteiger partial charge in [0.1, 0.15) is 6.07 Å². The maximum atomic E-state index is 12.7. The number of methoxy groups -OCH3 is 1. The van der Waals surface area contributed by atoms with Gasteiger partial charge in [-0.25, -0.2) is 4.79 Å². The highest BCUT2D eigenvalue weighted by molar-refractivity contribution is 6.31. The molecule has 0 spiro atoms. The van der Waals surface area contributed by atoms with Crippen LogP contribution in [0.1, 0.15) is 21.5 Å². The van der Waals surface area contributed by atoms with Gasteiger partial charge in [0.25, 0.3) is 0 Å². The number of alkyl halides is 3. The van der Waals surface area contributed by atoms with E-state index in [1.54, 1.807) is 0 Å². The molecule has 0 saturated heterocycles. The first-order chi connectivity index (χ1) is 7.81. The number of nitrogens with zero attached hydrogens (tertiary/aromatic N) is 1. The van der Waals surface area contributed by atoms with Gasteiger partial charge < -0.3 is 4.74 Å². The van der Waals surface area contributed by atoms with Gasteiger partial charge in [-0.2, -0.15) is 18.4 Å². The van der Waals surface area contributed by atoms with E-state index >= 15 is 0 Å². The Bertz CT molecular complexity index is 505. The molecular weight excluding hydrogens is 259 g/mol. The Balaban J connectivity index is 3.63. The predicted octanol–water partition coefficient (Wildman–Crippen LogP) is 3.02. The van der Waals surface area contributed by atoms with Crippen molar-refractivity contribution in [3.63, 3.8) is 0 Å². The van der Waals surface area contributed by atoms with Gasteiger partial charge in [-0.1, -0.05) is 11.6 Å². The third-order valence-corrected chi connectivity index (χ3v) is 2.14. The van der Waals surface area contributed by atoms with Crippen LogP contribution in [0.2, 0.25) is 5.02 Å². The van der Waals surface area contributed by atoms with Crippen LogP contribution in [0.25, 0.3) is 0 Å². The van der Waals surface area contributed by atoms with Crippen LogP contribution in [0.3, 0.4) is 0 Å². The zero-order chi connectivity index (χ0) is 13.2. The maximum absolute atomic E-state index is 12.7. The first kappa shape index (κ1) is 13.3. The Labute approximate surface area is 99.4 Å². The zero-order valence-corrected chi connectivity index (χ0v) is 9.19. The first-order valence-electron chi connectivity index (χ1n) is 4.20. The van der Waals surface area contributed by atoms with E-state index in [0.29, 0.717) is 6.07 Å². The van der Waals surface area contributed by atoms with Crippen molar-refractivity contribution in [3.05, 3.63) is 33.8 Å². The third kappa shape index (κ3) is 2.68. The minimum atomic E-state index is -4.79. The molecule has 0 N–H and O–H groups in total. The van der Waals surface area contributed by atoms with Crippen molar-refractivity contribution in [2.24, 2.45) is 0 Å². The molecule has 90 valence electrons. The minimum Gasteiger partial charge on any atom is -0.465 e. The van der Waals surface area contributed by atoms with Crippen LogP contribution in [0.5, 0.6) is 0 Å². The van der Waals surface area contributed by atoms with Crippen LogP contribution in [0.15, 0.2) is 12.1 Å². The second-order valence-corrected chi connectivity index (χ2v) is 3.41. The van der Waals surface area contributed by atoms with Gasteiger partial charge in [-0.3, -0.25) is 0 Å². The minimum absolute atomic E-state index is 0.276. The number of benzene rings is 1. The summed E-state index contributed by atoms with van der Waals surface area (Å²) in [7, 11) is 0.929. The average Bonchev–Trinajstić information content (AvgIpc) is 2.25. The lowest BCUT2D eigenvalue weighted by Crippen LogP contribution is -2.16. The number of halogens is 4. The summed E-state index contributed by atoms with van der Waals surface area (Å²) in [4.78, 5) is 11.3. The van der Waals surface area contributed by atoms with Gasteiger partial charge in [-0.05, 0) is 12.1 Å². The molecule has 17 heavy (non-hydrogen) atoms. The number of nitriles is 1. The van der Waals surface area contributed by atoms with Gasteiger partial charge in [0, 0.05) is 5.02 Å². The number of hydrogen-bond donors (Lipinski definition) is 0. The summed E-state index contributed by atoms with van der Waals surface area (Å²) in [6.07, 6.45) is -4.79. The number of ether oxygens (including phenoxy) is 1. The van der Waals surface area contributed by atoms with Gasteiger partial charge >= 0.3 is 12.1 Å². The monoisotopic (exact) mass is 263 g/mol. The number of rotatable bonds is 1. The smallest absolute Gasteiger partial charge is 0.417 e. The Kier molecular flexibility index (Phi) is 3.63. The number of hydrogen-bond acceptors (Lipinski definition) is 3. The molecule has 0 fully saturated rings. The highest BCUT2D eigenvalue weighted by Gasteiger charge is 2.37. The van der Waals surface area contributed by atoms with Crippen molar-refractivity contribution in [2.75, 3.05) is 7.11 Å². The molecule has 7 heteroatoms. The molecule has 0 amide bonds. The molecule has 0 saturated carbocycles. The standard InChI is InChI=1S/C10H5ClF3NO2/c1-17-9(16)8-5(4-15)2-6(11)3-7(8)10(12,13)14/h2-3H,1H3. The van der Waals surface area contributed by atoms with Gasteiger partial charge in [0.2, 0.25) is 0 Å². The van der Waals surface area contributed by atoms with E-state index in [0.717, 1.165) is 13.2 Å². The van der Waals surface area contributed by atoms with Crippen molar-refractivity contribution in [3.8, 4) is 6.07 Å². The Morgan fingerprint density at radius 1 is 1.47 bits per heavy atom. The molecule has 1 rings (SSSR count). The summed E-state index contributed by atoms with van der Waals surface area (Å²) in [5.74, 6) is -1.23. The number of carbonyl (C=O) groups excluding carboxylic acids is 1. The zero-order valence-electron chi connectivity index (χ0n) is 8.43. The molecular formula is C10H5ClF3NO2. The van der Waals surface area contributed by atoms with E-state index in [2.05, 4.69) is 4.74 Å². The van der Waals surface area contributed by atoms with Crippen LogP contribution in [-0.4, -0.2) is 13.1 Å². The molecule has 0 unspecified atom stereocenters. The molecule has 1 aromatic carbocycles. The summed E-state index contributed by atoms with van der Waals surface area (Å²) in [6, 6.07) is 3.03. The largest absolute Gasteiger partial charge is 0.465 e. The van der Waals surface area contributed by atoms with Gasteiger partial charge in [0.05, 0.1) is 23.8 Å². The Morgan fingerprint density at radius 2 is 2.06 bits per heavy atom. The number of carbonyl (C=O) groups is 1. The molecule has 1 aromatic rings.